The van der Waals surface area contributed by atoms with Crippen LogP contribution in [-0.2, 0) is 4.79 Å². The Labute approximate surface area is 121 Å². The van der Waals surface area contributed by atoms with Crippen molar-refractivity contribution < 1.29 is 4.79 Å². The normalized spacial score (nSPS) is 25.2. The lowest BCUT2D eigenvalue weighted by Crippen LogP contribution is -2.36. The largest absolute Gasteiger partial charge is 0.347 e. The number of imidazole rings is 1. The number of amides is 1. The van der Waals surface area contributed by atoms with Crippen LogP contribution in [0.4, 0.5) is 0 Å². The smallest absolute Gasteiger partial charge is 0.223 e. The van der Waals surface area contributed by atoms with E-state index in [1.165, 1.54) is 0 Å². The lowest BCUT2D eigenvalue weighted by molar-refractivity contribution is -0.127. The third kappa shape index (κ3) is 3.62. The molecular formula is C16H27N3O. The molecule has 1 aromatic rings. The second-order valence-electron chi connectivity index (χ2n) is 7.12. The van der Waals surface area contributed by atoms with Gasteiger partial charge in [0.25, 0.3) is 0 Å². The highest BCUT2D eigenvalue weighted by atomic mass is 16.1. The van der Waals surface area contributed by atoms with Crippen LogP contribution in [0.15, 0.2) is 12.4 Å². The zero-order valence-corrected chi connectivity index (χ0v) is 13.1. The standard InChI is InChI=1S/C16H27N3O/c1-11(14-17-9-10-18-14)19-15(20)12-5-7-13(8-6-12)16(2,3)4/h9-13H,5-8H2,1-4H3,(H,17,18)(H,19,20). The second kappa shape index (κ2) is 5.98. The third-order valence-electron chi connectivity index (χ3n) is 4.61. The van der Waals surface area contributed by atoms with Gasteiger partial charge in [-0.1, -0.05) is 20.8 Å². The van der Waals surface area contributed by atoms with Crippen molar-refractivity contribution in [3.8, 4) is 0 Å². The molecule has 2 N–H and O–H groups in total. The van der Waals surface area contributed by atoms with Crippen molar-refractivity contribution in [1.82, 2.24) is 15.3 Å². The zero-order valence-electron chi connectivity index (χ0n) is 13.1. The Bertz CT molecular complexity index is 425. The van der Waals surface area contributed by atoms with E-state index in [2.05, 4.69) is 36.1 Å². The van der Waals surface area contributed by atoms with Crippen LogP contribution in [0, 0.1) is 17.3 Å². The van der Waals surface area contributed by atoms with Gasteiger partial charge in [0.05, 0.1) is 6.04 Å². The average Bonchev–Trinajstić information content (AvgIpc) is 2.91. The van der Waals surface area contributed by atoms with Gasteiger partial charge in [-0.2, -0.15) is 0 Å². The maximum Gasteiger partial charge on any atom is 0.223 e. The number of aromatic nitrogens is 2. The highest BCUT2D eigenvalue weighted by Crippen LogP contribution is 2.39. The molecule has 1 aromatic heterocycles. The fourth-order valence-corrected chi connectivity index (χ4v) is 3.14. The fourth-order valence-electron chi connectivity index (χ4n) is 3.14. The van der Waals surface area contributed by atoms with Crippen molar-refractivity contribution in [3.05, 3.63) is 18.2 Å². The summed E-state index contributed by atoms with van der Waals surface area (Å²) in [5.74, 6) is 1.92. The van der Waals surface area contributed by atoms with Crippen LogP contribution in [-0.4, -0.2) is 15.9 Å². The predicted octanol–water partition coefficient (Wildman–Crippen LogP) is 3.44. The van der Waals surface area contributed by atoms with Gasteiger partial charge in [0.2, 0.25) is 5.91 Å². The number of nitrogens with one attached hydrogen (secondary N) is 2. The quantitative estimate of drug-likeness (QED) is 0.889. The predicted molar refractivity (Wildman–Crippen MR) is 80.0 cm³/mol. The maximum atomic E-state index is 12.3. The SMILES string of the molecule is CC(NC(=O)C1CCC(C(C)(C)C)CC1)c1ncc[nH]1. The van der Waals surface area contributed by atoms with Gasteiger partial charge in [-0.25, -0.2) is 4.98 Å². The molecule has 112 valence electrons. The molecule has 1 aliphatic rings. The molecule has 0 spiro atoms. The highest BCUT2D eigenvalue weighted by Gasteiger charge is 2.32. The van der Waals surface area contributed by atoms with E-state index in [1.54, 1.807) is 12.4 Å². The number of carbonyl (C=O) groups is 1. The van der Waals surface area contributed by atoms with Crippen LogP contribution in [0.3, 0.4) is 0 Å². The number of nitrogens with zero attached hydrogens (tertiary/aromatic N) is 1. The molecule has 20 heavy (non-hydrogen) atoms. The summed E-state index contributed by atoms with van der Waals surface area (Å²) in [6.07, 6.45) is 7.85. The lowest BCUT2D eigenvalue weighted by atomic mass is 9.69. The summed E-state index contributed by atoms with van der Waals surface area (Å²) < 4.78 is 0. The van der Waals surface area contributed by atoms with Crippen LogP contribution in [0.5, 0.6) is 0 Å². The minimum atomic E-state index is -0.0437. The van der Waals surface area contributed by atoms with Crippen LogP contribution in [0.1, 0.15) is 65.2 Å². The molecule has 0 aromatic carbocycles. The molecule has 1 saturated carbocycles. The number of hydrogen-bond donors (Lipinski definition) is 2. The maximum absolute atomic E-state index is 12.3. The first-order valence-corrected chi connectivity index (χ1v) is 7.67. The molecule has 0 bridgehead atoms. The van der Waals surface area contributed by atoms with Gasteiger partial charge >= 0.3 is 0 Å². The Morgan fingerprint density at radius 2 is 2.00 bits per heavy atom. The molecule has 1 amide bonds. The fraction of sp³-hybridized carbons (Fsp3) is 0.750. The Kier molecular flexibility index (Phi) is 4.51. The second-order valence-corrected chi connectivity index (χ2v) is 7.12. The van der Waals surface area contributed by atoms with Gasteiger partial charge in [0, 0.05) is 18.3 Å². The van der Waals surface area contributed by atoms with Crippen LogP contribution < -0.4 is 5.32 Å². The first kappa shape index (κ1) is 15.1. The molecule has 0 saturated heterocycles. The van der Waals surface area contributed by atoms with Gasteiger partial charge in [0.15, 0.2) is 0 Å². The summed E-state index contributed by atoms with van der Waals surface area (Å²) in [6.45, 7) is 8.88. The Morgan fingerprint density at radius 1 is 1.35 bits per heavy atom. The lowest BCUT2D eigenvalue weighted by Gasteiger charge is -2.36. The van der Waals surface area contributed by atoms with Crippen molar-refractivity contribution in [1.29, 1.82) is 0 Å². The number of rotatable bonds is 3. The Morgan fingerprint density at radius 3 is 2.50 bits per heavy atom. The Hall–Kier alpha value is -1.32. The van der Waals surface area contributed by atoms with Crippen molar-refractivity contribution in [2.45, 2.75) is 59.4 Å². The first-order chi connectivity index (χ1) is 9.38. The topological polar surface area (TPSA) is 57.8 Å². The number of H-pyrrole nitrogens is 1. The van der Waals surface area contributed by atoms with Crippen LogP contribution >= 0.6 is 0 Å². The van der Waals surface area contributed by atoms with Gasteiger partial charge in [-0.15, -0.1) is 0 Å². The monoisotopic (exact) mass is 277 g/mol. The number of carbonyl (C=O) groups excluding carboxylic acids is 1. The van der Waals surface area contributed by atoms with Gasteiger partial charge in [-0.05, 0) is 43.9 Å². The van der Waals surface area contributed by atoms with E-state index >= 15 is 0 Å². The summed E-state index contributed by atoms with van der Waals surface area (Å²) >= 11 is 0. The summed E-state index contributed by atoms with van der Waals surface area (Å²) in [7, 11) is 0. The van der Waals surface area contributed by atoms with E-state index < -0.39 is 0 Å². The van der Waals surface area contributed by atoms with Gasteiger partial charge < -0.3 is 10.3 Å². The van der Waals surface area contributed by atoms with E-state index in [-0.39, 0.29) is 17.9 Å². The van der Waals surface area contributed by atoms with E-state index in [0.717, 1.165) is 37.4 Å². The van der Waals surface area contributed by atoms with Crippen molar-refractivity contribution in [2.75, 3.05) is 0 Å². The number of hydrogen-bond acceptors (Lipinski definition) is 2. The van der Waals surface area contributed by atoms with E-state index in [0.29, 0.717) is 5.41 Å². The molecule has 4 heteroatoms. The third-order valence-corrected chi connectivity index (χ3v) is 4.61. The van der Waals surface area contributed by atoms with Crippen LogP contribution in [0.25, 0.3) is 0 Å². The molecular weight excluding hydrogens is 250 g/mol. The molecule has 0 radical (unpaired) electrons. The molecule has 4 nitrogen and oxygen atoms in total. The molecule has 1 fully saturated rings. The summed E-state index contributed by atoms with van der Waals surface area (Å²) in [4.78, 5) is 19.5. The van der Waals surface area contributed by atoms with Crippen LogP contribution in [0.2, 0.25) is 0 Å². The van der Waals surface area contributed by atoms with E-state index in [9.17, 15) is 4.79 Å². The zero-order chi connectivity index (χ0) is 14.8. The number of aromatic amines is 1. The molecule has 2 rings (SSSR count). The molecule has 0 aliphatic heterocycles. The minimum absolute atomic E-state index is 0.0437. The van der Waals surface area contributed by atoms with Crippen molar-refractivity contribution in [2.24, 2.45) is 17.3 Å². The molecule has 1 atom stereocenters. The molecule has 1 heterocycles. The summed E-state index contributed by atoms with van der Waals surface area (Å²) in [6, 6.07) is -0.0437. The summed E-state index contributed by atoms with van der Waals surface area (Å²) in [5, 5.41) is 3.07. The Balaban J connectivity index is 1.83. The van der Waals surface area contributed by atoms with Gasteiger partial charge in [0.1, 0.15) is 5.82 Å². The van der Waals surface area contributed by atoms with Crippen molar-refractivity contribution in [3.63, 3.8) is 0 Å². The minimum Gasteiger partial charge on any atom is -0.347 e. The van der Waals surface area contributed by atoms with E-state index in [4.69, 9.17) is 0 Å². The highest BCUT2D eigenvalue weighted by molar-refractivity contribution is 5.79. The summed E-state index contributed by atoms with van der Waals surface area (Å²) in [5.41, 5.74) is 0.364. The molecule has 1 unspecified atom stereocenters. The first-order valence-electron chi connectivity index (χ1n) is 7.67. The van der Waals surface area contributed by atoms with Crippen molar-refractivity contribution >= 4 is 5.91 Å². The van der Waals surface area contributed by atoms with E-state index in [1.807, 2.05) is 6.92 Å². The van der Waals surface area contributed by atoms with Gasteiger partial charge in [-0.3, -0.25) is 4.79 Å². The average molecular weight is 277 g/mol. The molecule has 1 aliphatic carbocycles.